The number of hydrogen-bond acceptors (Lipinski definition) is 6. The van der Waals surface area contributed by atoms with Gasteiger partial charge in [0, 0.05) is 17.6 Å². The number of benzene rings is 2. The molecule has 0 atom stereocenters. The first-order chi connectivity index (χ1) is 14.8. The summed E-state index contributed by atoms with van der Waals surface area (Å²) < 4.78 is 12.1. The Morgan fingerprint density at radius 2 is 1.97 bits per heavy atom. The van der Waals surface area contributed by atoms with Crippen molar-refractivity contribution < 1.29 is 14.3 Å². The van der Waals surface area contributed by atoms with Crippen LogP contribution >= 0.6 is 23.4 Å². The third-order valence-corrected chi connectivity index (χ3v) is 5.66. The highest BCUT2D eigenvalue weighted by Gasteiger charge is 2.16. The van der Waals surface area contributed by atoms with Crippen molar-refractivity contribution in [1.82, 2.24) is 9.55 Å². The molecule has 9 heteroatoms. The lowest BCUT2D eigenvalue weighted by molar-refractivity contribution is -0.113. The highest BCUT2D eigenvalue weighted by molar-refractivity contribution is 7.99. The molecule has 2 aromatic carbocycles. The molecule has 0 fully saturated rings. The quantitative estimate of drug-likeness (QED) is 0.394. The number of ether oxygens (including phenoxy) is 2. The zero-order valence-corrected chi connectivity index (χ0v) is 19.3. The van der Waals surface area contributed by atoms with Crippen LogP contribution in [0.25, 0.3) is 10.9 Å². The highest BCUT2D eigenvalue weighted by atomic mass is 35.5. The second kappa shape index (κ2) is 10.1. The molecule has 0 aliphatic carbocycles. The van der Waals surface area contributed by atoms with Crippen molar-refractivity contribution in [3.05, 3.63) is 51.8 Å². The van der Waals surface area contributed by atoms with Gasteiger partial charge in [-0.25, -0.2) is 4.98 Å². The zero-order valence-electron chi connectivity index (χ0n) is 17.8. The fourth-order valence-corrected chi connectivity index (χ4v) is 4.01. The van der Waals surface area contributed by atoms with Gasteiger partial charge in [-0.05, 0) is 36.2 Å². The van der Waals surface area contributed by atoms with Crippen LogP contribution < -0.4 is 20.3 Å². The first-order valence-corrected chi connectivity index (χ1v) is 11.0. The Kier molecular flexibility index (Phi) is 7.46. The van der Waals surface area contributed by atoms with Crippen molar-refractivity contribution in [2.75, 3.05) is 25.3 Å². The van der Waals surface area contributed by atoms with Crippen LogP contribution in [0.3, 0.4) is 0 Å². The molecular formula is C22H24ClN3O4S. The average molecular weight is 462 g/mol. The van der Waals surface area contributed by atoms with Crippen molar-refractivity contribution in [3.8, 4) is 11.5 Å². The van der Waals surface area contributed by atoms with Gasteiger partial charge in [0.05, 0.1) is 36.6 Å². The molecule has 0 bridgehead atoms. The highest BCUT2D eigenvalue weighted by Crippen LogP contribution is 2.29. The molecule has 0 radical (unpaired) electrons. The predicted molar refractivity (Wildman–Crippen MR) is 125 cm³/mol. The normalized spacial score (nSPS) is 11.0. The van der Waals surface area contributed by atoms with E-state index in [4.69, 9.17) is 21.1 Å². The van der Waals surface area contributed by atoms with Crippen LogP contribution in [0.4, 0.5) is 5.69 Å². The number of carbonyl (C=O) groups is 1. The largest absolute Gasteiger partial charge is 0.497 e. The topological polar surface area (TPSA) is 82.5 Å². The van der Waals surface area contributed by atoms with Crippen LogP contribution in [0.2, 0.25) is 5.02 Å². The van der Waals surface area contributed by atoms with Gasteiger partial charge in [0.2, 0.25) is 5.91 Å². The second-order valence-electron chi connectivity index (χ2n) is 7.27. The zero-order chi connectivity index (χ0) is 22.5. The maximum absolute atomic E-state index is 13.0. The van der Waals surface area contributed by atoms with Gasteiger partial charge in [0.1, 0.15) is 11.5 Å². The van der Waals surface area contributed by atoms with E-state index in [2.05, 4.69) is 10.3 Å². The number of fused-ring (bicyclic) bond motifs is 1. The summed E-state index contributed by atoms with van der Waals surface area (Å²) in [6.07, 6.45) is 0. The van der Waals surface area contributed by atoms with E-state index in [9.17, 15) is 9.59 Å². The molecule has 164 valence electrons. The average Bonchev–Trinajstić information content (AvgIpc) is 2.75. The number of methoxy groups -OCH3 is 2. The second-order valence-corrected chi connectivity index (χ2v) is 8.65. The summed E-state index contributed by atoms with van der Waals surface area (Å²) in [7, 11) is 3.08. The van der Waals surface area contributed by atoms with E-state index in [-0.39, 0.29) is 23.1 Å². The monoisotopic (exact) mass is 461 g/mol. The van der Waals surface area contributed by atoms with Crippen molar-refractivity contribution in [3.63, 3.8) is 0 Å². The molecule has 0 saturated heterocycles. The minimum Gasteiger partial charge on any atom is -0.497 e. The Bertz CT molecular complexity index is 1160. The molecule has 0 spiro atoms. The summed E-state index contributed by atoms with van der Waals surface area (Å²) in [5, 5.41) is 4.27. The number of halogens is 1. The van der Waals surface area contributed by atoms with Crippen molar-refractivity contribution in [2.45, 2.75) is 25.5 Å². The number of nitrogens with zero attached hydrogens (tertiary/aromatic N) is 2. The van der Waals surface area contributed by atoms with Crippen LogP contribution in [0, 0.1) is 5.92 Å². The van der Waals surface area contributed by atoms with Crippen LogP contribution in [0.15, 0.2) is 46.3 Å². The number of nitrogens with one attached hydrogen (secondary N) is 1. The van der Waals surface area contributed by atoms with Gasteiger partial charge in [-0.3, -0.25) is 14.2 Å². The Hall–Kier alpha value is -2.71. The van der Waals surface area contributed by atoms with E-state index < -0.39 is 0 Å². The lowest BCUT2D eigenvalue weighted by atomic mass is 10.2. The van der Waals surface area contributed by atoms with Crippen molar-refractivity contribution >= 4 is 45.9 Å². The molecule has 3 rings (SSSR count). The van der Waals surface area contributed by atoms with Gasteiger partial charge in [-0.15, -0.1) is 0 Å². The van der Waals surface area contributed by atoms with Gasteiger partial charge in [0.15, 0.2) is 5.16 Å². The van der Waals surface area contributed by atoms with E-state index in [0.717, 1.165) is 0 Å². The maximum Gasteiger partial charge on any atom is 0.262 e. The molecule has 0 aliphatic heterocycles. The Balaban J connectivity index is 1.83. The van der Waals surface area contributed by atoms with Crippen LogP contribution in [-0.2, 0) is 11.3 Å². The van der Waals surface area contributed by atoms with Gasteiger partial charge in [-0.1, -0.05) is 37.2 Å². The van der Waals surface area contributed by atoms with E-state index in [1.807, 2.05) is 13.8 Å². The first kappa shape index (κ1) is 23.0. The summed E-state index contributed by atoms with van der Waals surface area (Å²) in [5.74, 6) is 1.19. The van der Waals surface area contributed by atoms with Crippen molar-refractivity contribution in [2.24, 2.45) is 5.92 Å². The molecule has 0 aliphatic rings. The third-order valence-electron chi connectivity index (χ3n) is 4.44. The molecule has 0 unspecified atom stereocenters. The predicted octanol–water partition coefficient (Wildman–Crippen LogP) is 4.45. The lowest BCUT2D eigenvalue weighted by Gasteiger charge is -2.15. The van der Waals surface area contributed by atoms with E-state index in [0.29, 0.717) is 44.8 Å². The summed E-state index contributed by atoms with van der Waals surface area (Å²) in [5.41, 5.74) is 0.921. The van der Waals surface area contributed by atoms with Crippen LogP contribution in [-0.4, -0.2) is 35.4 Å². The number of rotatable bonds is 8. The Morgan fingerprint density at radius 1 is 1.19 bits per heavy atom. The molecule has 1 heterocycles. The molecule has 7 nitrogen and oxygen atoms in total. The number of hydrogen-bond donors (Lipinski definition) is 1. The van der Waals surface area contributed by atoms with Crippen molar-refractivity contribution in [1.29, 1.82) is 0 Å². The summed E-state index contributed by atoms with van der Waals surface area (Å²) in [4.78, 5) is 30.2. The van der Waals surface area contributed by atoms with E-state index >= 15 is 0 Å². The Morgan fingerprint density at radius 3 is 2.65 bits per heavy atom. The molecule has 1 amide bonds. The SMILES string of the molecule is COc1ccc(NC(=O)CSc2nc3ccc(Cl)cc3c(=O)n2CC(C)C)c(OC)c1. The van der Waals surface area contributed by atoms with E-state index in [1.54, 1.807) is 48.1 Å². The summed E-state index contributed by atoms with van der Waals surface area (Å²) in [6.45, 7) is 4.53. The smallest absolute Gasteiger partial charge is 0.262 e. The standard InChI is InChI=1S/C22H24ClN3O4S/c1-13(2)11-26-21(28)16-9-14(23)5-7-17(16)25-22(26)31-12-20(27)24-18-8-6-15(29-3)10-19(18)30-4/h5-10,13H,11-12H2,1-4H3,(H,24,27). The minimum absolute atomic E-state index is 0.0822. The number of aromatic nitrogens is 2. The Labute approximate surface area is 189 Å². The van der Waals surface area contributed by atoms with Gasteiger partial charge < -0.3 is 14.8 Å². The van der Waals surface area contributed by atoms with Gasteiger partial charge in [-0.2, -0.15) is 0 Å². The maximum atomic E-state index is 13.0. The summed E-state index contributed by atoms with van der Waals surface area (Å²) in [6, 6.07) is 10.2. The number of anilines is 1. The third kappa shape index (κ3) is 5.51. The fourth-order valence-electron chi connectivity index (χ4n) is 3.03. The fraction of sp³-hybridized carbons (Fsp3) is 0.318. The van der Waals surface area contributed by atoms with Gasteiger partial charge in [0.25, 0.3) is 5.56 Å². The number of carbonyl (C=O) groups excluding carboxylic acids is 1. The molecule has 31 heavy (non-hydrogen) atoms. The minimum atomic E-state index is -0.241. The molecule has 1 N–H and O–H groups in total. The molecule has 0 saturated carbocycles. The van der Waals surface area contributed by atoms with Crippen LogP contribution in [0.1, 0.15) is 13.8 Å². The molecule has 1 aromatic heterocycles. The van der Waals surface area contributed by atoms with E-state index in [1.165, 1.54) is 18.9 Å². The summed E-state index contributed by atoms with van der Waals surface area (Å²) >= 11 is 7.27. The number of amides is 1. The number of thioether (sulfide) groups is 1. The molecular weight excluding hydrogens is 438 g/mol. The lowest BCUT2D eigenvalue weighted by Crippen LogP contribution is -2.26. The van der Waals surface area contributed by atoms with Gasteiger partial charge >= 0.3 is 0 Å². The first-order valence-electron chi connectivity index (χ1n) is 9.67. The molecule has 3 aromatic rings. The van der Waals surface area contributed by atoms with Crippen LogP contribution in [0.5, 0.6) is 11.5 Å².